The summed E-state index contributed by atoms with van der Waals surface area (Å²) in [6, 6.07) is 7.24. The van der Waals surface area contributed by atoms with E-state index in [0.717, 1.165) is 10.0 Å². The van der Waals surface area contributed by atoms with E-state index in [1.807, 2.05) is 12.1 Å². The smallest absolute Gasteiger partial charge is 0.331 e. The summed E-state index contributed by atoms with van der Waals surface area (Å²) in [4.78, 5) is 10.8. The molecule has 1 aromatic carbocycles. The molecule has 0 spiro atoms. The van der Waals surface area contributed by atoms with Crippen LogP contribution in [0.25, 0.3) is 0 Å². The molecule has 0 saturated carbocycles. The van der Waals surface area contributed by atoms with Gasteiger partial charge in [-0.1, -0.05) is 28.1 Å². The van der Waals surface area contributed by atoms with Crippen LogP contribution in [0.1, 0.15) is 11.7 Å². The minimum absolute atomic E-state index is 0.406. The molecule has 1 N–H and O–H groups in total. The third-order valence-corrected chi connectivity index (χ3v) is 2.73. The van der Waals surface area contributed by atoms with Gasteiger partial charge in [-0.05, 0) is 23.8 Å². The first kappa shape index (κ1) is 10.4. The number of ether oxygens (including phenoxy) is 1. The van der Waals surface area contributed by atoms with Crippen LogP contribution in [-0.4, -0.2) is 17.2 Å². The third-order valence-electron chi connectivity index (χ3n) is 2.20. The van der Waals surface area contributed by atoms with E-state index in [0.29, 0.717) is 0 Å². The Morgan fingerprint density at radius 3 is 2.53 bits per heavy atom. The monoisotopic (exact) mass is 268 g/mol. The average molecular weight is 269 g/mol. The van der Waals surface area contributed by atoms with Gasteiger partial charge in [0.25, 0.3) is 0 Å². The lowest BCUT2D eigenvalue weighted by Gasteiger charge is -2.16. The first-order chi connectivity index (χ1) is 7.16. The largest absolute Gasteiger partial charge is 0.452 e. The van der Waals surface area contributed by atoms with Crippen molar-refractivity contribution in [2.24, 2.45) is 0 Å². The second-order valence-electron chi connectivity index (χ2n) is 3.26. The number of benzene rings is 1. The topological polar surface area (TPSA) is 46.5 Å². The van der Waals surface area contributed by atoms with E-state index in [-0.39, 0.29) is 0 Å². The fraction of sp³-hybridized carbons (Fsp3) is 0.182. The number of aliphatic hydroxyl groups excluding tert-OH is 1. The molecule has 0 amide bonds. The molecule has 4 heteroatoms. The molecule has 0 fully saturated rings. The van der Waals surface area contributed by atoms with Gasteiger partial charge in [-0.3, -0.25) is 0 Å². The van der Waals surface area contributed by atoms with Crippen LogP contribution in [-0.2, 0) is 9.53 Å². The standard InChI is InChI=1S/C11H9BrO3/c12-8-3-1-7(2-4-8)11(14)9-5-6-10(13)15-9/h1-6,9,11,14H/t9-,11-/m0/s1. The van der Waals surface area contributed by atoms with Crippen molar-refractivity contribution >= 4 is 21.9 Å². The van der Waals surface area contributed by atoms with E-state index >= 15 is 0 Å². The minimum atomic E-state index is -0.805. The van der Waals surface area contributed by atoms with E-state index in [2.05, 4.69) is 15.9 Å². The quantitative estimate of drug-likeness (QED) is 0.835. The summed E-state index contributed by atoms with van der Waals surface area (Å²) in [5.41, 5.74) is 0.725. The number of halogens is 1. The molecule has 0 bridgehead atoms. The Hall–Kier alpha value is -1.13. The van der Waals surface area contributed by atoms with Gasteiger partial charge in [0, 0.05) is 10.5 Å². The number of esters is 1. The molecular weight excluding hydrogens is 260 g/mol. The highest BCUT2D eigenvalue weighted by Crippen LogP contribution is 2.24. The molecule has 0 aliphatic carbocycles. The molecule has 2 atom stereocenters. The van der Waals surface area contributed by atoms with Crippen LogP contribution >= 0.6 is 15.9 Å². The maximum atomic E-state index is 10.8. The van der Waals surface area contributed by atoms with Gasteiger partial charge in [-0.2, -0.15) is 0 Å². The molecule has 1 aromatic rings. The van der Waals surface area contributed by atoms with Crippen LogP contribution < -0.4 is 0 Å². The van der Waals surface area contributed by atoms with Crippen molar-refractivity contribution in [3.05, 3.63) is 46.5 Å². The van der Waals surface area contributed by atoms with Crippen LogP contribution in [0.15, 0.2) is 40.9 Å². The third kappa shape index (κ3) is 2.27. The molecule has 3 nitrogen and oxygen atoms in total. The maximum absolute atomic E-state index is 10.8. The van der Waals surface area contributed by atoms with Gasteiger partial charge < -0.3 is 9.84 Å². The summed E-state index contributed by atoms with van der Waals surface area (Å²) in [6.45, 7) is 0. The summed E-state index contributed by atoms with van der Waals surface area (Å²) < 4.78 is 5.84. The number of carbonyl (C=O) groups is 1. The highest BCUT2D eigenvalue weighted by Gasteiger charge is 2.25. The molecule has 0 saturated heterocycles. The zero-order chi connectivity index (χ0) is 10.8. The van der Waals surface area contributed by atoms with E-state index in [4.69, 9.17) is 4.74 Å². The van der Waals surface area contributed by atoms with Crippen molar-refractivity contribution in [1.29, 1.82) is 0 Å². The van der Waals surface area contributed by atoms with Crippen molar-refractivity contribution in [1.82, 2.24) is 0 Å². The lowest BCUT2D eigenvalue weighted by Crippen LogP contribution is -2.18. The van der Waals surface area contributed by atoms with E-state index < -0.39 is 18.2 Å². The highest BCUT2D eigenvalue weighted by atomic mass is 79.9. The Balaban J connectivity index is 2.14. The maximum Gasteiger partial charge on any atom is 0.331 e. The summed E-state index contributed by atoms with van der Waals surface area (Å²) in [5, 5.41) is 9.89. The van der Waals surface area contributed by atoms with Crippen LogP contribution in [0.3, 0.4) is 0 Å². The van der Waals surface area contributed by atoms with Gasteiger partial charge in [0.05, 0.1) is 0 Å². The van der Waals surface area contributed by atoms with Crippen molar-refractivity contribution < 1.29 is 14.6 Å². The van der Waals surface area contributed by atoms with Crippen LogP contribution in [0.5, 0.6) is 0 Å². The first-order valence-electron chi connectivity index (χ1n) is 4.49. The second-order valence-corrected chi connectivity index (χ2v) is 4.17. The molecule has 1 heterocycles. The van der Waals surface area contributed by atoms with Crippen LogP contribution in [0.2, 0.25) is 0 Å². The molecule has 2 rings (SSSR count). The fourth-order valence-corrected chi connectivity index (χ4v) is 1.67. The zero-order valence-corrected chi connectivity index (χ0v) is 9.35. The van der Waals surface area contributed by atoms with Gasteiger partial charge >= 0.3 is 5.97 Å². The van der Waals surface area contributed by atoms with E-state index in [1.54, 1.807) is 18.2 Å². The lowest BCUT2D eigenvalue weighted by atomic mass is 10.1. The molecule has 1 aliphatic rings. The fourth-order valence-electron chi connectivity index (χ4n) is 1.41. The predicted octanol–water partition coefficient (Wildman–Crippen LogP) is 1.96. The molecule has 0 aromatic heterocycles. The Morgan fingerprint density at radius 1 is 1.33 bits per heavy atom. The number of rotatable bonds is 2. The van der Waals surface area contributed by atoms with Crippen molar-refractivity contribution in [3.8, 4) is 0 Å². The number of hydrogen-bond acceptors (Lipinski definition) is 3. The molecule has 78 valence electrons. The van der Waals surface area contributed by atoms with Gasteiger partial charge in [0.15, 0.2) is 6.10 Å². The average Bonchev–Trinajstić information content (AvgIpc) is 2.65. The highest BCUT2D eigenvalue weighted by molar-refractivity contribution is 9.10. The van der Waals surface area contributed by atoms with Crippen LogP contribution in [0, 0.1) is 0 Å². The van der Waals surface area contributed by atoms with Gasteiger partial charge in [0.2, 0.25) is 0 Å². The van der Waals surface area contributed by atoms with E-state index in [9.17, 15) is 9.90 Å². The Kier molecular flexibility index (Phi) is 2.88. The molecular formula is C11H9BrO3. The molecule has 1 aliphatic heterocycles. The second kappa shape index (κ2) is 4.16. The lowest BCUT2D eigenvalue weighted by molar-refractivity contribution is -0.142. The minimum Gasteiger partial charge on any atom is -0.452 e. The summed E-state index contributed by atoms with van der Waals surface area (Å²) >= 11 is 3.31. The normalized spacial score (nSPS) is 21.5. The van der Waals surface area contributed by atoms with Crippen molar-refractivity contribution in [2.75, 3.05) is 0 Å². The predicted molar refractivity (Wildman–Crippen MR) is 58.1 cm³/mol. The Morgan fingerprint density at radius 2 is 2.00 bits per heavy atom. The van der Waals surface area contributed by atoms with Crippen molar-refractivity contribution in [2.45, 2.75) is 12.2 Å². The van der Waals surface area contributed by atoms with Gasteiger partial charge in [0.1, 0.15) is 6.10 Å². The number of hydrogen-bond donors (Lipinski definition) is 1. The zero-order valence-electron chi connectivity index (χ0n) is 7.76. The molecule has 0 unspecified atom stereocenters. The van der Waals surface area contributed by atoms with Gasteiger partial charge in [-0.25, -0.2) is 4.79 Å². The van der Waals surface area contributed by atoms with Gasteiger partial charge in [-0.15, -0.1) is 0 Å². The Labute approximate surface area is 95.5 Å². The summed E-state index contributed by atoms with van der Waals surface area (Å²) in [5.74, 6) is -0.406. The number of carbonyl (C=O) groups excluding carboxylic acids is 1. The summed E-state index contributed by atoms with van der Waals surface area (Å²) in [6.07, 6.45) is 1.52. The number of cyclic esters (lactones) is 1. The summed E-state index contributed by atoms with van der Waals surface area (Å²) in [7, 11) is 0. The van der Waals surface area contributed by atoms with Crippen LogP contribution in [0.4, 0.5) is 0 Å². The van der Waals surface area contributed by atoms with E-state index in [1.165, 1.54) is 6.08 Å². The molecule has 0 radical (unpaired) electrons. The van der Waals surface area contributed by atoms with Crippen molar-refractivity contribution in [3.63, 3.8) is 0 Å². The Bertz CT molecular complexity index is 397. The molecule has 15 heavy (non-hydrogen) atoms. The number of aliphatic hydroxyl groups is 1. The first-order valence-corrected chi connectivity index (χ1v) is 5.28. The SMILES string of the molecule is O=C1C=C[C@@H]([C@@H](O)c2ccc(Br)cc2)O1.